The van der Waals surface area contributed by atoms with Crippen molar-refractivity contribution in [3.63, 3.8) is 0 Å². The topological polar surface area (TPSA) is 87.3 Å². The van der Waals surface area contributed by atoms with Gasteiger partial charge in [0.1, 0.15) is 5.58 Å². The van der Waals surface area contributed by atoms with Crippen molar-refractivity contribution in [1.29, 1.82) is 0 Å². The van der Waals surface area contributed by atoms with E-state index in [1.54, 1.807) is 0 Å². The molecule has 24 heavy (non-hydrogen) atoms. The second-order valence-electron chi connectivity index (χ2n) is 6.70. The van der Waals surface area contributed by atoms with Crippen molar-refractivity contribution in [3.8, 4) is 11.7 Å². The van der Waals surface area contributed by atoms with Gasteiger partial charge in [-0.3, -0.25) is 0 Å². The summed E-state index contributed by atoms with van der Waals surface area (Å²) < 4.78 is 17.2. The molecule has 0 aliphatic heterocycles. The molecule has 1 saturated carbocycles. The minimum Gasteiger partial charge on any atom is -0.450 e. The predicted molar refractivity (Wildman–Crippen MR) is 89.1 cm³/mol. The Labute approximate surface area is 140 Å². The monoisotopic (exact) mass is 327 g/mol. The Balaban J connectivity index is 1.76. The summed E-state index contributed by atoms with van der Waals surface area (Å²) in [4.78, 5) is 4.51. The van der Waals surface area contributed by atoms with Crippen LogP contribution in [0, 0.1) is 0 Å². The van der Waals surface area contributed by atoms with Crippen LogP contribution >= 0.6 is 0 Å². The van der Waals surface area contributed by atoms with Gasteiger partial charge < -0.3 is 19.4 Å². The van der Waals surface area contributed by atoms with E-state index in [2.05, 4.69) is 10.1 Å². The molecule has 0 bridgehead atoms. The molecule has 0 radical (unpaired) electrons. The summed E-state index contributed by atoms with van der Waals surface area (Å²) in [6.45, 7) is 4.43. The van der Waals surface area contributed by atoms with Gasteiger partial charge in [0.15, 0.2) is 11.6 Å². The lowest BCUT2D eigenvalue weighted by Gasteiger charge is -2.34. The van der Waals surface area contributed by atoms with Gasteiger partial charge >= 0.3 is 0 Å². The predicted octanol–water partition coefficient (Wildman–Crippen LogP) is 3.75. The largest absolute Gasteiger partial charge is 0.450 e. The summed E-state index contributed by atoms with van der Waals surface area (Å²) in [6.07, 6.45) is 2.98. The third-order valence-electron chi connectivity index (χ3n) is 4.57. The van der Waals surface area contributed by atoms with E-state index < -0.39 is 5.54 Å². The van der Waals surface area contributed by atoms with Gasteiger partial charge in [0.25, 0.3) is 5.89 Å². The molecule has 2 N–H and O–H groups in total. The van der Waals surface area contributed by atoms with Gasteiger partial charge in [0, 0.05) is 10.9 Å². The first-order chi connectivity index (χ1) is 11.6. The highest BCUT2D eigenvalue weighted by molar-refractivity contribution is 5.86. The molecular formula is C18H21N3O3. The van der Waals surface area contributed by atoms with Crippen LogP contribution in [0.5, 0.6) is 0 Å². The third kappa shape index (κ3) is 2.52. The van der Waals surface area contributed by atoms with E-state index in [0.717, 1.165) is 35.8 Å². The fourth-order valence-electron chi connectivity index (χ4n) is 2.96. The van der Waals surface area contributed by atoms with Crippen LogP contribution in [0.1, 0.15) is 44.5 Å². The van der Waals surface area contributed by atoms with E-state index in [1.165, 1.54) is 0 Å². The molecule has 2 heterocycles. The van der Waals surface area contributed by atoms with Crippen LogP contribution in [0.25, 0.3) is 22.6 Å². The third-order valence-corrected chi connectivity index (χ3v) is 4.57. The molecule has 1 aliphatic carbocycles. The van der Waals surface area contributed by atoms with Gasteiger partial charge in [0.05, 0.1) is 18.2 Å². The first-order valence-electron chi connectivity index (χ1n) is 8.32. The summed E-state index contributed by atoms with van der Waals surface area (Å²) in [5.41, 5.74) is 7.53. The van der Waals surface area contributed by atoms with Gasteiger partial charge in [-0.15, -0.1) is 0 Å². The first kappa shape index (κ1) is 15.4. The standard InChI is InChI=1S/C18H21N3O3/c1-11(2)22-10-13-12-6-3-4-7-14(12)23-15(13)16-20-17(21-24-16)18(19)8-5-9-18/h3-4,6-7,11H,5,8-10,19H2,1-2H3. The number of rotatable bonds is 5. The molecule has 0 amide bonds. The van der Waals surface area contributed by atoms with E-state index in [-0.39, 0.29) is 6.10 Å². The van der Waals surface area contributed by atoms with E-state index in [0.29, 0.717) is 24.1 Å². The van der Waals surface area contributed by atoms with E-state index in [4.69, 9.17) is 19.4 Å². The fraction of sp³-hybridized carbons (Fsp3) is 0.444. The molecule has 126 valence electrons. The highest BCUT2D eigenvalue weighted by atomic mass is 16.5. The number of ether oxygens (including phenoxy) is 1. The molecule has 0 unspecified atom stereocenters. The van der Waals surface area contributed by atoms with Crippen LogP contribution in [-0.2, 0) is 16.9 Å². The Kier molecular flexibility index (Phi) is 3.66. The lowest BCUT2D eigenvalue weighted by molar-refractivity contribution is 0.0662. The van der Waals surface area contributed by atoms with Crippen molar-refractivity contribution >= 4 is 11.0 Å². The molecule has 6 heteroatoms. The number of hydrogen-bond donors (Lipinski definition) is 1. The Hall–Kier alpha value is -2.18. The van der Waals surface area contributed by atoms with Gasteiger partial charge in [-0.05, 0) is 39.2 Å². The summed E-state index contributed by atoms with van der Waals surface area (Å²) in [5, 5.41) is 5.08. The Morgan fingerprint density at radius 3 is 2.79 bits per heavy atom. The summed E-state index contributed by atoms with van der Waals surface area (Å²) >= 11 is 0. The van der Waals surface area contributed by atoms with Crippen LogP contribution < -0.4 is 5.73 Å². The SMILES string of the molecule is CC(C)OCc1c(-c2nc(C3(N)CCC3)no2)oc2ccccc12. The second kappa shape index (κ2) is 5.72. The molecule has 0 saturated heterocycles. The summed E-state index contributed by atoms with van der Waals surface area (Å²) in [6, 6.07) is 7.84. The van der Waals surface area contributed by atoms with Gasteiger partial charge in [-0.1, -0.05) is 23.4 Å². The van der Waals surface area contributed by atoms with Gasteiger partial charge in [-0.25, -0.2) is 0 Å². The van der Waals surface area contributed by atoms with Crippen LogP contribution in [0.15, 0.2) is 33.2 Å². The summed E-state index contributed by atoms with van der Waals surface area (Å²) in [5.74, 6) is 1.48. The molecule has 0 spiro atoms. The Morgan fingerprint density at radius 2 is 2.08 bits per heavy atom. The van der Waals surface area contributed by atoms with E-state index in [1.807, 2.05) is 38.1 Å². The maximum Gasteiger partial charge on any atom is 0.294 e. The van der Waals surface area contributed by atoms with Crippen LogP contribution in [0.4, 0.5) is 0 Å². The number of nitrogens with two attached hydrogens (primary N) is 1. The van der Waals surface area contributed by atoms with Gasteiger partial charge in [-0.2, -0.15) is 4.98 Å². The minimum absolute atomic E-state index is 0.118. The molecule has 0 atom stereocenters. The van der Waals surface area contributed by atoms with E-state index in [9.17, 15) is 0 Å². The lowest BCUT2D eigenvalue weighted by Crippen LogP contribution is -2.44. The minimum atomic E-state index is -0.456. The number of hydrogen-bond acceptors (Lipinski definition) is 6. The van der Waals surface area contributed by atoms with Crippen molar-refractivity contribution in [3.05, 3.63) is 35.7 Å². The highest BCUT2D eigenvalue weighted by Gasteiger charge is 2.39. The smallest absolute Gasteiger partial charge is 0.294 e. The number of furan rings is 1. The molecule has 6 nitrogen and oxygen atoms in total. The Bertz CT molecular complexity index is 861. The number of para-hydroxylation sites is 1. The zero-order chi connectivity index (χ0) is 16.7. The number of nitrogens with zero attached hydrogens (tertiary/aromatic N) is 2. The Morgan fingerprint density at radius 1 is 1.29 bits per heavy atom. The lowest BCUT2D eigenvalue weighted by atomic mass is 9.77. The molecule has 3 aromatic rings. The van der Waals surface area contributed by atoms with Crippen molar-refractivity contribution in [2.24, 2.45) is 5.73 Å². The number of benzene rings is 1. The quantitative estimate of drug-likeness (QED) is 0.768. The van der Waals surface area contributed by atoms with Crippen molar-refractivity contribution in [2.75, 3.05) is 0 Å². The fourth-order valence-corrected chi connectivity index (χ4v) is 2.96. The highest BCUT2D eigenvalue weighted by Crippen LogP contribution is 2.39. The van der Waals surface area contributed by atoms with Crippen LogP contribution in [0.3, 0.4) is 0 Å². The molecule has 1 aromatic carbocycles. The van der Waals surface area contributed by atoms with Crippen molar-refractivity contribution in [1.82, 2.24) is 10.1 Å². The van der Waals surface area contributed by atoms with E-state index >= 15 is 0 Å². The maximum atomic E-state index is 6.29. The number of aromatic nitrogens is 2. The van der Waals surface area contributed by atoms with Crippen molar-refractivity contribution in [2.45, 2.75) is 51.4 Å². The molecule has 1 fully saturated rings. The first-order valence-corrected chi connectivity index (χ1v) is 8.32. The normalized spacial score (nSPS) is 16.7. The summed E-state index contributed by atoms with van der Waals surface area (Å²) in [7, 11) is 0. The molecular weight excluding hydrogens is 306 g/mol. The molecule has 1 aliphatic rings. The van der Waals surface area contributed by atoms with Crippen LogP contribution in [-0.4, -0.2) is 16.2 Å². The molecule has 2 aromatic heterocycles. The van der Waals surface area contributed by atoms with Gasteiger partial charge in [0.2, 0.25) is 0 Å². The maximum absolute atomic E-state index is 6.29. The van der Waals surface area contributed by atoms with Crippen molar-refractivity contribution < 1.29 is 13.7 Å². The van der Waals surface area contributed by atoms with Crippen LogP contribution in [0.2, 0.25) is 0 Å². The average Bonchev–Trinajstić information content (AvgIpc) is 3.15. The second-order valence-corrected chi connectivity index (χ2v) is 6.70. The molecule has 4 rings (SSSR count). The zero-order valence-electron chi connectivity index (χ0n) is 13.9. The zero-order valence-corrected chi connectivity index (χ0v) is 13.9. The average molecular weight is 327 g/mol. The number of fused-ring (bicyclic) bond motifs is 1.